The summed E-state index contributed by atoms with van der Waals surface area (Å²) in [4.78, 5) is 28.6. The van der Waals surface area contributed by atoms with E-state index in [1.165, 1.54) is 29.2 Å². The number of ether oxygens (including phenoxy) is 2. The number of hydrogen-bond donors (Lipinski definition) is 4. The molecule has 9 rings (SSSR count). The van der Waals surface area contributed by atoms with Gasteiger partial charge >= 0.3 is 11.9 Å². The molecular formula is C39H50N2O6S2. The first-order valence-corrected chi connectivity index (χ1v) is 21.0. The van der Waals surface area contributed by atoms with Crippen LogP contribution in [0.4, 0.5) is 0 Å². The van der Waals surface area contributed by atoms with Gasteiger partial charge in [0.15, 0.2) is 0 Å². The van der Waals surface area contributed by atoms with Crippen molar-refractivity contribution < 1.29 is 29.3 Å². The molecule has 9 aliphatic rings. The van der Waals surface area contributed by atoms with Crippen molar-refractivity contribution in [2.45, 2.75) is 96.3 Å². The predicted octanol–water partition coefficient (Wildman–Crippen LogP) is 6.91. The Labute approximate surface area is 297 Å². The number of hydrogen-bond acceptors (Lipinski definition) is 10. The van der Waals surface area contributed by atoms with Gasteiger partial charge in [-0.1, -0.05) is 54.4 Å². The van der Waals surface area contributed by atoms with Crippen molar-refractivity contribution in [2.75, 3.05) is 19.0 Å². The van der Waals surface area contributed by atoms with Gasteiger partial charge in [0.25, 0.3) is 0 Å². The van der Waals surface area contributed by atoms with Crippen molar-refractivity contribution in [1.82, 2.24) is 10.6 Å². The van der Waals surface area contributed by atoms with E-state index >= 15 is 0 Å². The van der Waals surface area contributed by atoms with Crippen LogP contribution in [0.25, 0.3) is 0 Å². The highest BCUT2D eigenvalue weighted by molar-refractivity contribution is 8.76. The summed E-state index contributed by atoms with van der Waals surface area (Å²) in [7, 11) is 3.04. The molecule has 4 heterocycles. The molecule has 4 N–H and O–H groups in total. The number of cyclic esters (lactones) is 1. The SMILES string of the molecule is CCC1(C=C2OC(=O)C3=C2CCC2C4CCC5(C6=CCC(C)C(O)SSCNC7=CC(=CCN7)C(CCCO)C4=C5C(=O)O6)C32)CCCC1. The van der Waals surface area contributed by atoms with Crippen LogP contribution in [0, 0.1) is 40.4 Å². The Morgan fingerprint density at radius 3 is 2.71 bits per heavy atom. The Balaban J connectivity index is 1.32. The number of carbonyl (C=O) groups excluding carboxylic acids is 2. The van der Waals surface area contributed by atoms with Gasteiger partial charge < -0.3 is 30.3 Å². The van der Waals surface area contributed by atoms with Crippen LogP contribution < -0.4 is 10.6 Å². The maximum absolute atomic E-state index is 14.4. The fourth-order valence-corrected chi connectivity index (χ4v) is 12.8. The molecule has 8 nitrogen and oxygen atoms in total. The zero-order chi connectivity index (χ0) is 33.9. The first kappa shape index (κ1) is 33.7. The maximum Gasteiger partial charge on any atom is 0.340 e. The first-order chi connectivity index (χ1) is 23.8. The van der Waals surface area contributed by atoms with Gasteiger partial charge in [0, 0.05) is 36.1 Å². The number of nitrogens with one attached hydrogen (secondary N) is 2. The summed E-state index contributed by atoms with van der Waals surface area (Å²) in [5.41, 5.74) is 3.65. The van der Waals surface area contributed by atoms with Crippen LogP contribution in [0.15, 0.2) is 69.5 Å². The highest BCUT2D eigenvalue weighted by Crippen LogP contribution is 2.71. The van der Waals surface area contributed by atoms with E-state index < -0.39 is 10.9 Å². The molecule has 0 radical (unpaired) electrons. The molecule has 10 heteroatoms. The molecule has 7 atom stereocenters. The average Bonchev–Trinajstić information content (AvgIpc) is 3.80. The number of esters is 2. The Morgan fingerprint density at radius 2 is 1.92 bits per heavy atom. The fourth-order valence-electron chi connectivity index (χ4n) is 10.7. The third-order valence-corrected chi connectivity index (χ3v) is 15.6. The summed E-state index contributed by atoms with van der Waals surface area (Å²) in [5, 5.41) is 28.1. The van der Waals surface area contributed by atoms with Crippen molar-refractivity contribution in [2.24, 2.45) is 40.4 Å². The van der Waals surface area contributed by atoms with Gasteiger partial charge in [0.1, 0.15) is 17.0 Å². The van der Waals surface area contributed by atoms with Crippen molar-refractivity contribution in [3.63, 3.8) is 0 Å². The lowest BCUT2D eigenvalue weighted by molar-refractivity contribution is -0.135. The lowest BCUT2D eigenvalue weighted by Crippen LogP contribution is -2.53. The van der Waals surface area contributed by atoms with Crippen molar-refractivity contribution in [3.8, 4) is 0 Å². The Morgan fingerprint density at radius 1 is 1.08 bits per heavy atom. The molecule has 7 bridgehead atoms. The smallest absolute Gasteiger partial charge is 0.340 e. The number of rotatable bonds is 5. The second-order valence-corrected chi connectivity index (χ2v) is 18.0. The summed E-state index contributed by atoms with van der Waals surface area (Å²) < 4.78 is 12.6. The van der Waals surface area contributed by atoms with Crippen LogP contribution >= 0.6 is 21.6 Å². The second-order valence-electron chi connectivity index (χ2n) is 15.5. The highest BCUT2D eigenvalue weighted by atomic mass is 33.1. The monoisotopic (exact) mass is 706 g/mol. The fraction of sp³-hybridized carbons (Fsp3) is 0.641. The van der Waals surface area contributed by atoms with E-state index in [-0.39, 0.29) is 53.6 Å². The van der Waals surface area contributed by atoms with E-state index in [1.807, 2.05) is 6.92 Å². The van der Waals surface area contributed by atoms with Gasteiger partial charge in [-0.2, -0.15) is 0 Å². The van der Waals surface area contributed by atoms with E-state index in [2.05, 4.69) is 41.9 Å². The molecule has 3 fully saturated rings. The van der Waals surface area contributed by atoms with Crippen molar-refractivity contribution >= 4 is 33.5 Å². The Bertz CT molecular complexity index is 1600. The van der Waals surface area contributed by atoms with Gasteiger partial charge in [-0.3, -0.25) is 0 Å². The maximum atomic E-state index is 14.4. The molecule has 49 heavy (non-hydrogen) atoms. The molecule has 4 aliphatic heterocycles. The zero-order valence-electron chi connectivity index (χ0n) is 28.7. The van der Waals surface area contributed by atoms with Gasteiger partial charge in [0.2, 0.25) is 0 Å². The molecule has 1 saturated heterocycles. The van der Waals surface area contributed by atoms with Crippen LogP contribution in [0.2, 0.25) is 0 Å². The average molecular weight is 707 g/mol. The number of allylic oxidation sites excluding steroid dienone is 7. The van der Waals surface area contributed by atoms with Crippen LogP contribution in [-0.2, 0) is 19.1 Å². The number of aliphatic hydroxyl groups is 2. The molecule has 0 aromatic rings. The molecule has 1 spiro atoms. The van der Waals surface area contributed by atoms with E-state index in [9.17, 15) is 19.8 Å². The van der Waals surface area contributed by atoms with Gasteiger partial charge in [-0.05, 0) is 117 Å². The molecule has 7 unspecified atom stereocenters. The summed E-state index contributed by atoms with van der Waals surface area (Å²) in [6.07, 6.45) is 19.8. The van der Waals surface area contributed by atoms with Crippen molar-refractivity contribution in [3.05, 3.63) is 69.5 Å². The summed E-state index contributed by atoms with van der Waals surface area (Å²) >= 11 is 0. The lowest BCUT2D eigenvalue weighted by Gasteiger charge is -2.57. The van der Waals surface area contributed by atoms with Crippen LogP contribution in [0.5, 0.6) is 0 Å². The summed E-state index contributed by atoms with van der Waals surface area (Å²) in [6, 6.07) is 0. The number of aliphatic hydroxyl groups excluding tert-OH is 2. The van der Waals surface area contributed by atoms with E-state index in [0.717, 1.165) is 85.2 Å². The lowest BCUT2D eigenvalue weighted by atomic mass is 9.43. The van der Waals surface area contributed by atoms with Gasteiger partial charge in [0.05, 0.1) is 22.7 Å². The normalized spacial score (nSPS) is 37.5. The standard InChI is InChI=1S/C39H50N2O6S2/c1-3-38(14-4-5-15-38)20-28-27-10-9-26-25-12-16-39(33(26)32(27)35(43)46-28)29-11-8-22(2)37(45)49-48-21-41-30-19-23(13-17-40-30)24(7-6-18-42)31(25)34(39)36(44)47-29/h11,13,19-20,22,24-26,33,37,40-42,45H,3-10,12,14-18,21H2,1-2H3. The molecule has 0 amide bonds. The van der Waals surface area contributed by atoms with Crippen LogP contribution in [0.1, 0.15) is 90.9 Å². The third kappa shape index (κ3) is 5.49. The Kier molecular flexibility index (Phi) is 9.15. The minimum Gasteiger partial charge on any atom is -0.427 e. The highest BCUT2D eigenvalue weighted by Gasteiger charge is 2.69. The largest absolute Gasteiger partial charge is 0.427 e. The van der Waals surface area contributed by atoms with Crippen LogP contribution in [0.3, 0.4) is 0 Å². The second kappa shape index (κ2) is 13.3. The van der Waals surface area contributed by atoms with Gasteiger partial charge in [-0.25, -0.2) is 9.59 Å². The minimum absolute atomic E-state index is 0.0394. The molecule has 0 aromatic heterocycles. The third-order valence-electron chi connectivity index (χ3n) is 13.2. The quantitative estimate of drug-likeness (QED) is 0.178. The number of carbonyl (C=O) groups is 2. The minimum atomic E-state index is -0.753. The zero-order valence-corrected chi connectivity index (χ0v) is 30.4. The van der Waals surface area contributed by atoms with E-state index in [4.69, 9.17) is 9.47 Å². The number of dihydropyridines is 1. The topological polar surface area (TPSA) is 117 Å². The van der Waals surface area contributed by atoms with Crippen molar-refractivity contribution in [1.29, 1.82) is 0 Å². The Hall–Kier alpha value is -2.40. The molecule has 5 aliphatic carbocycles. The number of fused-ring (bicyclic) bond motifs is 2. The van der Waals surface area contributed by atoms with E-state index in [0.29, 0.717) is 31.0 Å². The molecule has 0 aromatic carbocycles. The molecular weight excluding hydrogens is 657 g/mol. The van der Waals surface area contributed by atoms with Gasteiger partial charge in [-0.15, -0.1) is 0 Å². The van der Waals surface area contributed by atoms with Crippen LogP contribution in [-0.4, -0.2) is 46.6 Å². The summed E-state index contributed by atoms with van der Waals surface area (Å²) in [5.74, 6) is 2.49. The predicted molar refractivity (Wildman–Crippen MR) is 192 cm³/mol. The van der Waals surface area contributed by atoms with E-state index in [1.54, 1.807) is 10.8 Å². The molecule has 2 saturated carbocycles. The summed E-state index contributed by atoms with van der Waals surface area (Å²) in [6.45, 7) is 5.04. The molecule has 264 valence electrons. The first-order valence-electron chi connectivity index (χ1n) is 18.6.